The first-order valence-electron chi connectivity index (χ1n) is 0. The van der Waals surface area contributed by atoms with Crippen LogP contribution < -0.4 is 0 Å². The molecule has 0 aromatic carbocycles. The second-order valence-corrected chi connectivity index (χ2v) is 0. The monoisotopic (exact) mass is 573 g/mol. The van der Waals surface area contributed by atoms with Crippen molar-refractivity contribution in [2.75, 3.05) is 0 Å². The molecule has 0 bridgehead atoms. The van der Waals surface area contributed by atoms with E-state index in [0.717, 1.165) is 0 Å². The molecular formula is CeLaLiOTaZr. The van der Waals surface area contributed by atoms with E-state index in [1.54, 1.807) is 0 Å². The van der Waals surface area contributed by atoms with Gasteiger partial charge in [0.05, 0.1) is 0 Å². The Labute approximate surface area is 146 Å². The first-order valence-corrected chi connectivity index (χ1v) is 0. The summed E-state index contributed by atoms with van der Waals surface area (Å²) >= 11 is 0. The van der Waals surface area contributed by atoms with Crippen molar-refractivity contribution in [2.24, 2.45) is 0 Å². The maximum atomic E-state index is 0. The first-order chi connectivity index (χ1) is 0. The normalized spacial score (nSPS) is 0. The topological polar surface area (TPSA) is 28.5 Å². The molecule has 6 heteroatoms. The van der Waals surface area contributed by atoms with Crippen molar-refractivity contribution in [3.63, 3.8) is 0 Å². The molecule has 0 fully saturated rings. The Morgan fingerprint density at radius 3 is 1.00 bits per heavy atom. The molecule has 5 radical (unpaired) electrons. The van der Waals surface area contributed by atoms with E-state index in [2.05, 4.69) is 0 Å². The van der Waals surface area contributed by atoms with Gasteiger partial charge in [-0.3, -0.25) is 0 Å². The molecule has 0 aromatic heterocycles. The zero-order valence-electron chi connectivity index (χ0n) is 3.43. The summed E-state index contributed by atoms with van der Waals surface area (Å²) in [5.74, 6) is 0. The van der Waals surface area contributed by atoms with Crippen molar-refractivity contribution in [2.45, 2.75) is 0 Å². The molecule has 0 spiro atoms. The van der Waals surface area contributed by atoms with Gasteiger partial charge in [0.15, 0.2) is 0 Å². The van der Waals surface area contributed by atoms with Gasteiger partial charge in [0.2, 0.25) is 0 Å². The second kappa shape index (κ2) is 33.1. The van der Waals surface area contributed by atoms with E-state index in [1.165, 1.54) is 0 Å². The standard InChI is InChI=1S/Ce.La.Li.O.Ta.Zr. The van der Waals surface area contributed by atoms with Crippen molar-refractivity contribution in [1.82, 2.24) is 0 Å². The molecule has 1 nitrogen and oxygen atoms in total. The van der Waals surface area contributed by atoms with Gasteiger partial charge in [0.1, 0.15) is 0 Å². The third-order valence-electron chi connectivity index (χ3n) is 0. The summed E-state index contributed by atoms with van der Waals surface area (Å²) < 4.78 is 0. The van der Waals surface area contributed by atoms with Gasteiger partial charge in [-0.1, -0.05) is 0 Å². The number of hydrogen-bond donors (Lipinski definition) is 0. The second-order valence-electron chi connectivity index (χ2n) is 0. The smallest absolute Gasteiger partial charge is 0 e. The van der Waals surface area contributed by atoms with Gasteiger partial charge in [-0.25, -0.2) is 0 Å². The molecule has 0 aliphatic heterocycles. The van der Waals surface area contributed by atoms with E-state index in [0.29, 0.717) is 0 Å². The quantitative estimate of drug-likeness (QED) is 0.350. The molecule has 0 unspecified atom stereocenters. The minimum atomic E-state index is 0. The van der Waals surface area contributed by atoms with Crippen LogP contribution >= 0.6 is 0 Å². The molecule has 0 atom stereocenters. The van der Waals surface area contributed by atoms with E-state index in [-0.39, 0.29) is 150 Å². The fraction of sp³-hybridized carbons (Fsp3) is 0. The van der Waals surface area contributed by atoms with Crippen molar-refractivity contribution >= 4 is 18.9 Å². The Balaban J connectivity index is 0. The van der Waals surface area contributed by atoms with Crippen LogP contribution in [0.3, 0.4) is 0 Å². The van der Waals surface area contributed by atoms with Gasteiger partial charge < -0.3 is 0 Å². The van der Waals surface area contributed by atoms with Gasteiger partial charge in [-0.15, -0.1) is 0 Å². The molecule has 0 amide bonds. The van der Waals surface area contributed by atoms with Crippen molar-refractivity contribution in [3.8, 4) is 0 Å². The summed E-state index contributed by atoms with van der Waals surface area (Å²) in [6.45, 7) is 0. The molecule has 6 heavy (non-hydrogen) atoms. The first kappa shape index (κ1) is 45.3. The SMILES string of the molecule is [Ce].[La].[Li].[O].[Ta].[Zr]. The van der Waals surface area contributed by atoms with E-state index in [9.17, 15) is 0 Å². The maximum absolute atomic E-state index is 0. The molecule has 0 aromatic rings. The van der Waals surface area contributed by atoms with Gasteiger partial charge in [-0.2, -0.15) is 0 Å². The van der Waals surface area contributed by atoms with Gasteiger partial charge in [0, 0.05) is 150 Å². The number of hydrogen-bond acceptors (Lipinski definition) is 0. The molecule has 23 valence electrons. The fourth-order valence-corrected chi connectivity index (χ4v) is 0. The van der Waals surface area contributed by atoms with Crippen molar-refractivity contribution in [1.29, 1.82) is 0 Å². The molecule has 0 heterocycles. The zero-order valence-corrected chi connectivity index (χ0v) is 15.9. The predicted octanol–water partition coefficient (Wildman–Crippen LogP) is -0.505. The Morgan fingerprint density at radius 2 is 1.00 bits per heavy atom. The Kier molecular flexibility index (Phi) is 250. The third kappa shape index (κ3) is 23.3. The Hall–Kier alpha value is 4.75. The molecule has 0 aliphatic carbocycles. The van der Waals surface area contributed by atoms with Gasteiger partial charge >= 0.3 is 0 Å². The summed E-state index contributed by atoms with van der Waals surface area (Å²) in [6, 6.07) is 0. The molecule has 0 saturated carbocycles. The molecule has 0 saturated heterocycles. The van der Waals surface area contributed by atoms with E-state index in [1.807, 2.05) is 0 Å². The Morgan fingerprint density at radius 1 is 1.00 bits per heavy atom. The van der Waals surface area contributed by atoms with Gasteiger partial charge in [-0.05, 0) is 0 Å². The average molecular weight is 574 g/mol. The number of rotatable bonds is 0. The van der Waals surface area contributed by atoms with E-state index >= 15 is 0 Å². The van der Waals surface area contributed by atoms with Crippen LogP contribution in [0, 0.1) is 77.3 Å². The summed E-state index contributed by atoms with van der Waals surface area (Å²) in [7, 11) is 0. The summed E-state index contributed by atoms with van der Waals surface area (Å²) in [4.78, 5) is 0. The molecule has 0 rings (SSSR count). The van der Waals surface area contributed by atoms with Crippen LogP contribution in [0.4, 0.5) is 0 Å². The molecular weight excluding hydrogens is 574 g/mol. The summed E-state index contributed by atoms with van der Waals surface area (Å²) in [6.07, 6.45) is 0. The van der Waals surface area contributed by atoms with Crippen LogP contribution in [-0.2, 0) is 54.1 Å². The average Bonchev–Trinajstić information content (AvgIpc) is 0. The largest absolute Gasteiger partial charge is 0 e. The minimum Gasteiger partial charge on any atom is 0 e. The Bertz CT molecular complexity index is 15.5. The van der Waals surface area contributed by atoms with Crippen LogP contribution in [0.1, 0.15) is 0 Å². The maximum Gasteiger partial charge on any atom is 0 e. The molecule has 0 N–H and O–H groups in total. The minimum absolute atomic E-state index is 0. The van der Waals surface area contributed by atoms with E-state index in [4.69, 9.17) is 0 Å². The van der Waals surface area contributed by atoms with Crippen LogP contribution in [-0.4, -0.2) is 18.9 Å². The molecule has 0 aliphatic rings. The van der Waals surface area contributed by atoms with Crippen molar-refractivity contribution in [3.05, 3.63) is 0 Å². The van der Waals surface area contributed by atoms with Crippen LogP contribution in [0.25, 0.3) is 0 Å². The third-order valence-corrected chi connectivity index (χ3v) is 0. The van der Waals surface area contributed by atoms with Gasteiger partial charge in [0.25, 0.3) is 0 Å². The van der Waals surface area contributed by atoms with Crippen LogP contribution in [0.5, 0.6) is 0 Å². The van der Waals surface area contributed by atoms with Crippen molar-refractivity contribution < 1.29 is 131 Å². The fourth-order valence-electron chi connectivity index (χ4n) is 0. The van der Waals surface area contributed by atoms with Crippen LogP contribution in [0.15, 0.2) is 0 Å². The zero-order chi connectivity index (χ0) is 0. The van der Waals surface area contributed by atoms with E-state index < -0.39 is 0 Å². The predicted molar refractivity (Wildman–Crippen MR) is 6.44 cm³/mol. The summed E-state index contributed by atoms with van der Waals surface area (Å²) in [5.41, 5.74) is 0. The summed E-state index contributed by atoms with van der Waals surface area (Å²) in [5, 5.41) is 0. The van der Waals surface area contributed by atoms with Crippen LogP contribution in [0.2, 0.25) is 0 Å².